The lowest BCUT2D eigenvalue weighted by Gasteiger charge is -2.36. The summed E-state index contributed by atoms with van der Waals surface area (Å²) in [7, 11) is 0. The minimum absolute atomic E-state index is 0.00926. The van der Waals surface area contributed by atoms with Crippen LogP contribution in [0, 0.1) is 23.7 Å². The second kappa shape index (κ2) is 3.72. The molecule has 0 aliphatic heterocycles. The van der Waals surface area contributed by atoms with Crippen LogP contribution in [-0.4, -0.2) is 17.0 Å². The van der Waals surface area contributed by atoms with E-state index in [9.17, 15) is 9.90 Å². The minimum Gasteiger partial charge on any atom is -0.393 e. The van der Waals surface area contributed by atoms with E-state index in [1.807, 2.05) is 0 Å². The number of hydrogen-bond acceptors (Lipinski definition) is 2. The van der Waals surface area contributed by atoms with Gasteiger partial charge in [0.15, 0.2) is 0 Å². The molecular formula is C12H14Cl2O2. The molecule has 3 fully saturated rings. The highest BCUT2D eigenvalue weighted by Gasteiger charge is 2.58. The minimum atomic E-state index is -0.347. The maximum Gasteiger partial charge on any atom is 0.137 e. The molecule has 3 aliphatic rings. The van der Waals surface area contributed by atoms with E-state index in [-0.39, 0.29) is 29.8 Å². The lowest BCUT2D eigenvalue weighted by molar-refractivity contribution is -0.133. The molecule has 0 heterocycles. The number of allylic oxidation sites excluding steroid dienone is 1. The van der Waals surface area contributed by atoms with Crippen molar-refractivity contribution in [1.82, 2.24) is 0 Å². The lowest BCUT2D eigenvalue weighted by atomic mass is 9.69. The maximum absolute atomic E-state index is 12.0. The highest BCUT2D eigenvalue weighted by atomic mass is 35.5. The molecule has 0 spiro atoms. The van der Waals surface area contributed by atoms with Crippen molar-refractivity contribution in [3.8, 4) is 0 Å². The Labute approximate surface area is 105 Å². The van der Waals surface area contributed by atoms with Crippen LogP contribution in [0.25, 0.3) is 0 Å². The number of carbonyl (C=O) groups excluding carboxylic acids is 1. The van der Waals surface area contributed by atoms with Gasteiger partial charge in [-0.05, 0) is 36.7 Å². The Morgan fingerprint density at radius 2 is 1.88 bits per heavy atom. The standard InChI is InChI=1S/C12H14Cl2O2/c13-12(14)9-5-1-2-6(9)11-8(16)4-3-7(15)10(5)11/h5-7,10-11,15H,1-4H2/t5?,6?,7-,10-,11-/m1/s1. The normalized spacial score (nSPS) is 46.1. The van der Waals surface area contributed by atoms with Gasteiger partial charge in [0, 0.05) is 18.3 Å². The van der Waals surface area contributed by atoms with Gasteiger partial charge in [-0.2, -0.15) is 0 Å². The van der Waals surface area contributed by atoms with Gasteiger partial charge < -0.3 is 5.11 Å². The predicted molar refractivity (Wildman–Crippen MR) is 62.2 cm³/mol. The summed E-state index contributed by atoms with van der Waals surface area (Å²) in [5.74, 6) is 0.837. The van der Waals surface area contributed by atoms with E-state index in [4.69, 9.17) is 23.2 Å². The number of Topliss-reactive ketones (excluding diaryl/α,β-unsaturated/α-hetero) is 1. The van der Waals surface area contributed by atoms with E-state index < -0.39 is 0 Å². The fourth-order valence-corrected chi connectivity index (χ4v) is 4.67. The van der Waals surface area contributed by atoms with Gasteiger partial charge in [-0.1, -0.05) is 23.2 Å². The molecular weight excluding hydrogens is 247 g/mol. The van der Waals surface area contributed by atoms with Crippen molar-refractivity contribution in [2.24, 2.45) is 23.7 Å². The Morgan fingerprint density at radius 3 is 2.50 bits per heavy atom. The third kappa shape index (κ3) is 1.33. The fourth-order valence-electron chi connectivity index (χ4n) is 4.11. The molecule has 0 aromatic heterocycles. The summed E-state index contributed by atoms with van der Waals surface area (Å²) >= 11 is 11.9. The number of fused-ring (bicyclic) bond motifs is 5. The molecule has 0 aromatic carbocycles. The Bertz CT molecular complexity index is 373. The summed E-state index contributed by atoms with van der Waals surface area (Å²) in [5.41, 5.74) is 1.05. The van der Waals surface area contributed by atoms with Gasteiger partial charge in [0.05, 0.1) is 6.10 Å². The molecule has 0 radical (unpaired) electrons. The highest BCUT2D eigenvalue weighted by Crippen LogP contribution is 2.60. The first kappa shape index (κ1) is 11.1. The molecule has 16 heavy (non-hydrogen) atoms. The average Bonchev–Trinajstić information content (AvgIpc) is 2.79. The Hall–Kier alpha value is -0.0500. The molecule has 0 amide bonds. The largest absolute Gasteiger partial charge is 0.393 e. The predicted octanol–water partition coefficient (Wildman–Crippen LogP) is 2.67. The average molecular weight is 261 g/mol. The van der Waals surface area contributed by atoms with Gasteiger partial charge >= 0.3 is 0 Å². The smallest absolute Gasteiger partial charge is 0.137 e. The van der Waals surface area contributed by atoms with Gasteiger partial charge in [0.25, 0.3) is 0 Å². The Kier molecular flexibility index (Phi) is 2.58. The summed E-state index contributed by atoms with van der Waals surface area (Å²) in [6.07, 6.45) is 2.80. The Morgan fingerprint density at radius 1 is 1.19 bits per heavy atom. The second-order valence-corrected chi connectivity index (χ2v) is 6.13. The molecule has 5 atom stereocenters. The molecule has 88 valence electrons. The summed E-state index contributed by atoms with van der Waals surface area (Å²) in [6.45, 7) is 0. The summed E-state index contributed by atoms with van der Waals surface area (Å²) in [6, 6.07) is 0. The number of rotatable bonds is 0. The van der Waals surface area contributed by atoms with E-state index in [1.54, 1.807) is 0 Å². The van der Waals surface area contributed by atoms with E-state index in [0.717, 1.165) is 18.4 Å². The number of ketones is 1. The van der Waals surface area contributed by atoms with Crippen LogP contribution in [0.2, 0.25) is 0 Å². The van der Waals surface area contributed by atoms with Crippen LogP contribution in [0.3, 0.4) is 0 Å². The molecule has 3 saturated carbocycles. The number of aliphatic hydroxyl groups excluding tert-OH is 1. The molecule has 3 rings (SSSR count). The summed E-state index contributed by atoms with van der Waals surface area (Å²) in [4.78, 5) is 12.0. The van der Waals surface area contributed by atoms with Crippen molar-refractivity contribution in [3.05, 3.63) is 10.1 Å². The van der Waals surface area contributed by atoms with Crippen LogP contribution in [-0.2, 0) is 4.79 Å². The molecule has 2 unspecified atom stereocenters. The first-order valence-corrected chi connectivity index (χ1v) is 6.62. The van der Waals surface area contributed by atoms with Gasteiger partial charge in [0.2, 0.25) is 0 Å². The first-order valence-electron chi connectivity index (χ1n) is 5.87. The molecule has 2 nitrogen and oxygen atoms in total. The molecule has 0 saturated heterocycles. The number of halogens is 2. The Balaban J connectivity index is 2.04. The molecule has 2 bridgehead atoms. The van der Waals surface area contributed by atoms with E-state index in [2.05, 4.69) is 0 Å². The molecule has 4 heteroatoms. The molecule has 0 aromatic rings. The zero-order valence-electron chi connectivity index (χ0n) is 8.83. The summed E-state index contributed by atoms with van der Waals surface area (Å²) in [5, 5.41) is 10.1. The van der Waals surface area contributed by atoms with Crippen molar-refractivity contribution < 1.29 is 9.90 Å². The highest BCUT2D eigenvalue weighted by molar-refractivity contribution is 6.56. The lowest BCUT2D eigenvalue weighted by Crippen LogP contribution is -2.41. The molecule has 1 N–H and O–H groups in total. The van der Waals surface area contributed by atoms with Gasteiger partial charge in [-0.25, -0.2) is 0 Å². The van der Waals surface area contributed by atoms with Crippen LogP contribution >= 0.6 is 23.2 Å². The first-order chi connectivity index (χ1) is 7.61. The quantitative estimate of drug-likeness (QED) is 0.727. The maximum atomic E-state index is 12.0. The topological polar surface area (TPSA) is 37.3 Å². The van der Waals surface area contributed by atoms with E-state index in [0.29, 0.717) is 23.1 Å². The van der Waals surface area contributed by atoms with Crippen molar-refractivity contribution in [1.29, 1.82) is 0 Å². The van der Waals surface area contributed by atoms with E-state index in [1.165, 1.54) is 0 Å². The SMILES string of the molecule is O=C1CC[C@@H](O)[C@H]2C3CCC(C3=C(Cl)Cl)[C@H]12. The van der Waals surface area contributed by atoms with Crippen molar-refractivity contribution >= 4 is 29.0 Å². The van der Waals surface area contributed by atoms with Crippen molar-refractivity contribution in [3.63, 3.8) is 0 Å². The third-order valence-corrected chi connectivity index (χ3v) is 5.06. The second-order valence-electron chi connectivity index (χ2n) is 5.18. The van der Waals surface area contributed by atoms with Crippen molar-refractivity contribution in [2.75, 3.05) is 0 Å². The zero-order chi connectivity index (χ0) is 11.4. The van der Waals surface area contributed by atoms with Crippen molar-refractivity contribution in [2.45, 2.75) is 31.8 Å². The number of carbonyl (C=O) groups is 1. The van der Waals surface area contributed by atoms with Gasteiger partial charge in [-0.3, -0.25) is 4.79 Å². The van der Waals surface area contributed by atoms with Crippen LogP contribution in [0.5, 0.6) is 0 Å². The molecule has 3 aliphatic carbocycles. The fraction of sp³-hybridized carbons (Fsp3) is 0.750. The van der Waals surface area contributed by atoms with Gasteiger partial charge in [-0.15, -0.1) is 0 Å². The number of aliphatic hydroxyl groups is 1. The number of hydrogen-bond donors (Lipinski definition) is 1. The third-order valence-electron chi connectivity index (χ3n) is 4.62. The zero-order valence-corrected chi connectivity index (χ0v) is 10.3. The monoisotopic (exact) mass is 260 g/mol. The van der Waals surface area contributed by atoms with Crippen LogP contribution in [0.4, 0.5) is 0 Å². The van der Waals surface area contributed by atoms with E-state index >= 15 is 0 Å². The summed E-state index contributed by atoms with van der Waals surface area (Å²) < 4.78 is 0.335. The van der Waals surface area contributed by atoms with Crippen LogP contribution < -0.4 is 0 Å². The van der Waals surface area contributed by atoms with Crippen LogP contribution in [0.1, 0.15) is 25.7 Å². The van der Waals surface area contributed by atoms with Crippen LogP contribution in [0.15, 0.2) is 10.1 Å². The van der Waals surface area contributed by atoms with Gasteiger partial charge in [0.1, 0.15) is 10.3 Å².